The fourth-order valence-corrected chi connectivity index (χ4v) is 3.62. The van der Waals surface area contributed by atoms with Gasteiger partial charge < -0.3 is 15.1 Å². The zero-order valence-corrected chi connectivity index (χ0v) is 12.0. The van der Waals surface area contributed by atoms with Gasteiger partial charge in [-0.05, 0) is 12.8 Å². The first-order chi connectivity index (χ1) is 8.94. The second-order valence-corrected chi connectivity index (χ2v) is 7.36. The Morgan fingerprint density at radius 3 is 2.89 bits per heavy atom. The highest BCUT2D eigenvalue weighted by molar-refractivity contribution is 7.91. The lowest BCUT2D eigenvalue weighted by Gasteiger charge is -2.21. The van der Waals surface area contributed by atoms with E-state index < -0.39 is 9.84 Å². The molecule has 1 aromatic heterocycles. The maximum Gasteiger partial charge on any atom is 0.315 e. The standard InChI is InChI=1S/C11H20N4O3S/c1-8(2)12-6-10-14-15-11(18-10)13-9-4-3-5-19(16,17)7-9/h8-9,12H,3-7H2,1-2H3,(H,13,15). The van der Waals surface area contributed by atoms with Gasteiger partial charge in [-0.1, -0.05) is 18.9 Å². The van der Waals surface area contributed by atoms with Gasteiger partial charge >= 0.3 is 6.01 Å². The van der Waals surface area contributed by atoms with Crippen molar-refractivity contribution in [3.63, 3.8) is 0 Å². The molecule has 0 bridgehead atoms. The molecule has 0 amide bonds. The van der Waals surface area contributed by atoms with Crippen molar-refractivity contribution in [1.82, 2.24) is 15.5 Å². The van der Waals surface area contributed by atoms with Gasteiger partial charge in [-0.2, -0.15) is 0 Å². The Labute approximate surface area is 113 Å². The van der Waals surface area contributed by atoms with Gasteiger partial charge in [0, 0.05) is 12.1 Å². The summed E-state index contributed by atoms with van der Waals surface area (Å²) >= 11 is 0. The first-order valence-electron chi connectivity index (χ1n) is 6.47. The van der Waals surface area contributed by atoms with Crippen LogP contribution in [0.2, 0.25) is 0 Å². The van der Waals surface area contributed by atoms with Crippen molar-refractivity contribution < 1.29 is 12.8 Å². The number of rotatable bonds is 5. The van der Waals surface area contributed by atoms with E-state index in [0.717, 1.165) is 6.42 Å². The fourth-order valence-electron chi connectivity index (χ4n) is 1.99. The zero-order chi connectivity index (χ0) is 13.9. The van der Waals surface area contributed by atoms with E-state index in [0.29, 0.717) is 30.9 Å². The van der Waals surface area contributed by atoms with Crippen LogP contribution in [0.25, 0.3) is 0 Å². The Morgan fingerprint density at radius 1 is 1.42 bits per heavy atom. The highest BCUT2D eigenvalue weighted by atomic mass is 32.2. The van der Waals surface area contributed by atoms with Gasteiger partial charge in [0.1, 0.15) is 0 Å². The largest absolute Gasteiger partial charge is 0.407 e. The Balaban J connectivity index is 1.89. The summed E-state index contributed by atoms with van der Waals surface area (Å²) < 4.78 is 28.4. The molecule has 1 aromatic rings. The molecule has 19 heavy (non-hydrogen) atoms. The average Bonchev–Trinajstić information content (AvgIpc) is 2.73. The summed E-state index contributed by atoms with van der Waals surface area (Å²) in [6.07, 6.45) is 1.48. The third-order valence-corrected chi connectivity index (χ3v) is 4.74. The summed E-state index contributed by atoms with van der Waals surface area (Å²) in [5.74, 6) is 0.905. The minimum absolute atomic E-state index is 0.134. The van der Waals surface area contributed by atoms with Crippen LogP contribution in [0.1, 0.15) is 32.6 Å². The smallest absolute Gasteiger partial charge is 0.315 e. The molecule has 1 aliphatic rings. The van der Waals surface area contributed by atoms with Crippen LogP contribution in [-0.2, 0) is 16.4 Å². The molecule has 1 saturated heterocycles. The van der Waals surface area contributed by atoms with Crippen LogP contribution in [0, 0.1) is 0 Å². The van der Waals surface area contributed by atoms with E-state index in [1.165, 1.54) is 0 Å². The maximum atomic E-state index is 11.5. The predicted molar refractivity (Wildman–Crippen MR) is 71.6 cm³/mol. The number of aromatic nitrogens is 2. The lowest BCUT2D eigenvalue weighted by molar-refractivity contribution is 0.454. The van der Waals surface area contributed by atoms with Crippen molar-refractivity contribution in [2.45, 2.75) is 45.3 Å². The summed E-state index contributed by atoms with van der Waals surface area (Å²) in [5, 5.41) is 13.9. The number of hydrogen-bond acceptors (Lipinski definition) is 7. The van der Waals surface area contributed by atoms with Crippen molar-refractivity contribution in [3.8, 4) is 0 Å². The second kappa shape index (κ2) is 5.87. The molecule has 7 nitrogen and oxygen atoms in total. The van der Waals surface area contributed by atoms with E-state index in [2.05, 4.69) is 20.8 Å². The average molecular weight is 288 g/mol. The second-order valence-electron chi connectivity index (χ2n) is 5.13. The molecule has 1 atom stereocenters. The van der Waals surface area contributed by atoms with E-state index in [-0.39, 0.29) is 17.5 Å². The molecule has 0 aromatic carbocycles. The monoisotopic (exact) mass is 288 g/mol. The van der Waals surface area contributed by atoms with E-state index in [1.807, 2.05) is 13.8 Å². The first kappa shape index (κ1) is 14.3. The minimum Gasteiger partial charge on any atom is -0.407 e. The topological polar surface area (TPSA) is 97.1 Å². The molecule has 1 unspecified atom stereocenters. The number of nitrogens with zero attached hydrogens (tertiary/aromatic N) is 2. The normalized spacial score (nSPS) is 22.6. The van der Waals surface area contributed by atoms with Crippen molar-refractivity contribution in [3.05, 3.63) is 5.89 Å². The summed E-state index contributed by atoms with van der Waals surface area (Å²) in [7, 11) is -2.93. The predicted octanol–water partition coefficient (Wildman–Crippen LogP) is 0.557. The van der Waals surface area contributed by atoms with Crippen LogP contribution >= 0.6 is 0 Å². The summed E-state index contributed by atoms with van der Waals surface area (Å²) in [6.45, 7) is 4.57. The molecule has 2 heterocycles. The quantitative estimate of drug-likeness (QED) is 0.817. The van der Waals surface area contributed by atoms with Crippen LogP contribution in [0.3, 0.4) is 0 Å². The summed E-state index contributed by atoms with van der Waals surface area (Å²) in [4.78, 5) is 0. The number of anilines is 1. The molecule has 2 N–H and O–H groups in total. The van der Waals surface area contributed by atoms with Crippen molar-refractivity contribution in [1.29, 1.82) is 0 Å². The molecule has 1 aliphatic heterocycles. The van der Waals surface area contributed by atoms with E-state index in [4.69, 9.17) is 4.42 Å². The molecule has 0 aliphatic carbocycles. The van der Waals surface area contributed by atoms with Gasteiger partial charge in [0.2, 0.25) is 5.89 Å². The zero-order valence-electron chi connectivity index (χ0n) is 11.2. The van der Waals surface area contributed by atoms with Gasteiger partial charge in [0.05, 0.1) is 18.1 Å². The lowest BCUT2D eigenvalue weighted by Crippen LogP contribution is -2.34. The van der Waals surface area contributed by atoms with Crippen LogP contribution in [0.4, 0.5) is 6.01 Å². The number of hydrogen-bond donors (Lipinski definition) is 2. The number of sulfone groups is 1. The third-order valence-electron chi connectivity index (χ3n) is 2.92. The fraction of sp³-hybridized carbons (Fsp3) is 0.818. The minimum atomic E-state index is -2.93. The van der Waals surface area contributed by atoms with Crippen LogP contribution < -0.4 is 10.6 Å². The summed E-state index contributed by atoms with van der Waals surface area (Å²) in [6, 6.07) is 0.500. The first-order valence-corrected chi connectivity index (χ1v) is 8.29. The maximum absolute atomic E-state index is 11.5. The van der Waals surface area contributed by atoms with Gasteiger partial charge in [-0.25, -0.2) is 8.42 Å². The Morgan fingerprint density at radius 2 is 2.21 bits per heavy atom. The Kier molecular flexibility index (Phi) is 4.41. The molecule has 1 fully saturated rings. The number of nitrogens with one attached hydrogen (secondary N) is 2. The molecular formula is C11H20N4O3S. The summed E-state index contributed by atoms with van der Waals surface area (Å²) in [5.41, 5.74) is 0. The lowest BCUT2D eigenvalue weighted by atomic mass is 10.2. The Bertz CT molecular complexity index is 512. The van der Waals surface area contributed by atoms with Gasteiger partial charge in [0.25, 0.3) is 0 Å². The molecule has 0 spiro atoms. The van der Waals surface area contributed by atoms with E-state index in [1.54, 1.807) is 0 Å². The highest BCUT2D eigenvalue weighted by Crippen LogP contribution is 2.16. The third kappa shape index (κ3) is 4.46. The van der Waals surface area contributed by atoms with E-state index >= 15 is 0 Å². The van der Waals surface area contributed by atoms with Gasteiger partial charge in [-0.15, -0.1) is 5.10 Å². The highest BCUT2D eigenvalue weighted by Gasteiger charge is 2.25. The molecule has 0 radical (unpaired) electrons. The van der Waals surface area contributed by atoms with Gasteiger partial charge in [-0.3, -0.25) is 0 Å². The van der Waals surface area contributed by atoms with Gasteiger partial charge in [0.15, 0.2) is 9.84 Å². The van der Waals surface area contributed by atoms with Crippen LogP contribution in [0.5, 0.6) is 0 Å². The van der Waals surface area contributed by atoms with Crippen molar-refractivity contribution in [2.75, 3.05) is 16.8 Å². The molecular weight excluding hydrogens is 268 g/mol. The molecule has 108 valence electrons. The van der Waals surface area contributed by atoms with Crippen molar-refractivity contribution >= 4 is 15.9 Å². The van der Waals surface area contributed by atoms with Crippen LogP contribution in [-0.4, -0.2) is 42.2 Å². The SMILES string of the molecule is CC(C)NCc1nnc(NC2CCCS(=O)(=O)C2)o1. The van der Waals surface area contributed by atoms with Crippen LogP contribution in [0.15, 0.2) is 4.42 Å². The Hall–Kier alpha value is -1.15. The van der Waals surface area contributed by atoms with Crippen molar-refractivity contribution in [2.24, 2.45) is 0 Å². The molecule has 8 heteroatoms. The molecule has 0 saturated carbocycles. The van der Waals surface area contributed by atoms with E-state index in [9.17, 15) is 8.42 Å². The molecule has 2 rings (SSSR count).